The van der Waals surface area contributed by atoms with Crippen LogP contribution in [0.3, 0.4) is 0 Å². The van der Waals surface area contributed by atoms with Gasteiger partial charge in [-0.1, -0.05) is 23.8 Å². The van der Waals surface area contributed by atoms with Crippen LogP contribution in [0.2, 0.25) is 0 Å². The predicted molar refractivity (Wildman–Crippen MR) is 85.4 cm³/mol. The van der Waals surface area contributed by atoms with Crippen LogP contribution in [-0.4, -0.2) is 14.7 Å². The maximum atomic E-state index is 11.5. The molecule has 0 aliphatic heterocycles. The monoisotopic (exact) mass is 301 g/mol. The largest absolute Gasteiger partial charge is 0.378 e. The van der Waals surface area contributed by atoms with Crippen molar-refractivity contribution in [3.63, 3.8) is 0 Å². The Balaban J connectivity index is 1.82. The minimum absolute atomic E-state index is 0.309. The van der Waals surface area contributed by atoms with E-state index >= 15 is 0 Å². The van der Waals surface area contributed by atoms with Gasteiger partial charge in [0.15, 0.2) is 9.84 Å². The lowest BCUT2D eigenvalue weighted by Gasteiger charge is -2.16. The summed E-state index contributed by atoms with van der Waals surface area (Å²) in [7, 11) is -3.13. The Kier molecular flexibility index (Phi) is 3.49. The van der Waals surface area contributed by atoms with Gasteiger partial charge in [-0.05, 0) is 55.2 Å². The molecule has 0 bridgehead atoms. The van der Waals surface area contributed by atoms with Gasteiger partial charge in [-0.2, -0.15) is 0 Å². The highest BCUT2D eigenvalue weighted by Crippen LogP contribution is 2.34. The van der Waals surface area contributed by atoms with Crippen molar-refractivity contribution in [1.29, 1.82) is 0 Å². The van der Waals surface area contributed by atoms with Crippen LogP contribution < -0.4 is 5.32 Å². The molecule has 0 amide bonds. The molecule has 0 aromatic heterocycles. The molecule has 0 heterocycles. The number of benzene rings is 2. The Morgan fingerprint density at radius 3 is 2.48 bits per heavy atom. The number of fused-ring (bicyclic) bond motifs is 1. The lowest BCUT2D eigenvalue weighted by atomic mass is 10.0. The molecule has 3 nitrogen and oxygen atoms in total. The second-order valence-electron chi connectivity index (χ2n) is 5.73. The Morgan fingerprint density at radius 2 is 1.81 bits per heavy atom. The van der Waals surface area contributed by atoms with Crippen molar-refractivity contribution in [3.05, 3.63) is 59.2 Å². The van der Waals surface area contributed by atoms with E-state index in [1.807, 2.05) is 12.1 Å². The lowest BCUT2D eigenvalue weighted by Crippen LogP contribution is -2.07. The van der Waals surface area contributed by atoms with Crippen LogP contribution in [0.5, 0.6) is 0 Å². The molecule has 1 aliphatic rings. The van der Waals surface area contributed by atoms with Crippen LogP contribution in [0.1, 0.15) is 29.2 Å². The second kappa shape index (κ2) is 5.19. The van der Waals surface area contributed by atoms with E-state index in [9.17, 15) is 8.42 Å². The molecule has 1 aliphatic carbocycles. The van der Waals surface area contributed by atoms with Gasteiger partial charge < -0.3 is 5.32 Å². The second-order valence-corrected chi connectivity index (χ2v) is 7.75. The van der Waals surface area contributed by atoms with Crippen LogP contribution >= 0.6 is 0 Å². The third-order valence-corrected chi connectivity index (χ3v) is 5.13. The molecule has 1 atom stereocenters. The molecule has 0 fully saturated rings. The highest BCUT2D eigenvalue weighted by molar-refractivity contribution is 7.90. The molecule has 1 unspecified atom stereocenters. The number of aryl methyl sites for hydroxylation is 2. The Hall–Kier alpha value is -1.81. The van der Waals surface area contributed by atoms with E-state index in [-0.39, 0.29) is 0 Å². The fraction of sp³-hybridized carbons (Fsp3) is 0.294. The molecule has 0 spiro atoms. The van der Waals surface area contributed by atoms with Crippen molar-refractivity contribution in [2.45, 2.75) is 30.7 Å². The minimum Gasteiger partial charge on any atom is -0.378 e. The standard InChI is InChI=1S/C17H19NO2S/c1-12-3-4-13-5-10-17(16(13)11-12)18-14-6-8-15(9-7-14)21(2,19)20/h3-4,6-9,11,17-18H,5,10H2,1-2H3. The van der Waals surface area contributed by atoms with Crippen molar-refractivity contribution in [2.24, 2.45) is 0 Å². The van der Waals surface area contributed by atoms with Crippen molar-refractivity contribution < 1.29 is 8.42 Å². The maximum absolute atomic E-state index is 11.5. The summed E-state index contributed by atoms with van der Waals surface area (Å²) in [5.41, 5.74) is 5.00. The first-order valence-electron chi connectivity index (χ1n) is 7.09. The van der Waals surface area contributed by atoms with Gasteiger partial charge in [-0.15, -0.1) is 0 Å². The van der Waals surface area contributed by atoms with E-state index in [1.54, 1.807) is 12.1 Å². The number of hydrogen-bond acceptors (Lipinski definition) is 3. The average Bonchev–Trinajstić information content (AvgIpc) is 2.81. The van der Waals surface area contributed by atoms with Gasteiger partial charge in [0.2, 0.25) is 0 Å². The molecule has 0 radical (unpaired) electrons. The molecule has 0 saturated carbocycles. The minimum atomic E-state index is -3.13. The Bertz CT molecular complexity index is 764. The number of nitrogens with one attached hydrogen (secondary N) is 1. The van der Waals surface area contributed by atoms with Gasteiger partial charge in [0, 0.05) is 11.9 Å². The van der Waals surface area contributed by atoms with E-state index in [1.165, 1.54) is 22.9 Å². The third kappa shape index (κ3) is 2.95. The summed E-state index contributed by atoms with van der Waals surface area (Å²) in [6.07, 6.45) is 3.40. The molecule has 4 heteroatoms. The molecule has 2 aromatic carbocycles. The summed E-state index contributed by atoms with van der Waals surface area (Å²) in [6.45, 7) is 2.11. The zero-order chi connectivity index (χ0) is 15.0. The van der Waals surface area contributed by atoms with Crippen LogP contribution in [-0.2, 0) is 16.3 Å². The molecule has 110 valence electrons. The fourth-order valence-electron chi connectivity index (χ4n) is 2.87. The van der Waals surface area contributed by atoms with E-state index in [0.29, 0.717) is 10.9 Å². The number of sulfone groups is 1. The summed E-state index contributed by atoms with van der Waals surface area (Å²) < 4.78 is 22.9. The Labute approximate surface area is 125 Å². The molecule has 2 aromatic rings. The van der Waals surface area contributed by atoms with Crippen molar-refractivity contribution in [3.8, 4) is 0 Å². The Morgan fingerprint density at radius 1 is 1.10 bits per heavy atom. The topological polar surface area (TPSA) is 46.2 Å². The van der Waals surface area contributed by atoms with E-state index in [2.05, 4.69) is 30.4 Å². The molecule has 21 heavy (non-hydrogen) atoms. The lowest BCUT2D eigenvalue weighted by molar-refractivity contribution is 0.602. The normalized spacial score (nSPS) is 17.5. The van der Waals surface area contributed by atoms with Crippen LogP contribution in [0, 0.1) is 6.92 Å². The maximum Gasteiger partial charge on any atom is 0.175 e. The van der Waals surface area contributed by atoms with Gasteiger partial charge in [0.1, 0.15) is 0 Å². The molecular weight excluding hydrogens is 282 g/mol. The highest BCUT2D eigenvalue weighted by atomic mass is 32.2. The summed E-state index contributed by atoms with van der Waals surface area (Å²) in [6, 6.07) is 13.9. The first-order chi connectivity index (χ1) is 9.93. The van der Waals surface area contributed by atoms with Crippen LogP contribution in [0.15, 0.2) is 47.4 Å². The molecule has 0 saturated heterocycles. The smallest absolute Gasteiger partial charge is 0.175 e. The average molecular weight is 301 g/mol. The molecule has 3 rings (SSSR count). The molecule has 1 N–H and O–H groups in total. The first-order valence-corrected chi connectivity index (χ1v) is 8.99. The summed E-state index contributed by atoms with van der Waals surface area (Å²) in [5, 5.41) is 3.51. The summed E-state index contributed by atoms with van der Waals surface area (Å²) in [4.78, 5) is 0.357. The highest BCUT2D eigenvalue weighted by Gasteiger charge is 2.22. The van der Waals surface area contributed by atoms with Gasteiger partial charge >= 0.3 is 0 Å². The van der Waals surface area contributed by atoms with E-state index in [0.717, 1.165) is 18.5 Å². The first kappa shape index (κ1) is 14.1. The number of rotatable bonds is 3. The predicted octanol–water partition coefficient (Wildman–Crippen LogP) is 3.50. The van der Waals surface area contributed by atoms with E-state index in [4.69, 9.17) is 0 Å². The SMILES string of the molecule is Cc1ccc2c(c1)C(Nc1ccc(S(C)(=O)=O)cc1)CC2. The zero-order valence-electron chi connectivity index (χ0n) is 12.3. The third-order valence-electron chi connectivity index (χ3n) is 4.00. The van der Waals surface area contributed by atoms with Crippen molar-refractivity contribution >= 4 is 15.5 Å². The fourth-order valence-corrected chi connectivity index (χ4v) is 3.50. The van der Waals surface area contributed by atoms with Crippen LogP contribution in [0.4, 0.5) is 5.69 Å². The van der Waals surface area contributed by atoms with Gasteiger partial charge in [-0.3, -0.25) is 0 Å². The van der Waals surface area contributed by atoms with Crippen LogP contribution in [0.25, 0.3) is 0 Å². The number of anilines is 1. The quantitative estimate of drug-likeness (QED) is 0.944. The number of hydrogen-bond donors (Lipinski definition) is 1. The molecular formula is C17H19NO2S. The van der Waals surface area contributed by atoms with Gasteiger partial charge in [-0.25, -0.2) is 8.42 Å². The summed E-state index contributed by atoms with van der Waals surface area (Å²) in [5.74, 6) is 0. The van der Waals surface area contributed by atoms with Gasteiger partial charge in [0.05, 0.1) is 10.9 Å². The zero-order valence-corrected chi connectivity index (χ0v) is 13.1. The van der Waals surface area contributed by atoms with Crippen molar-refractivity contribution in [1.82, 2.24) is 0 Å². The van der Waals surface area contributed by atoms with Crippen molar-refractivity contribution in [2.75, 3.05) is 11.6 Å². The summed E-state index contributed by atoms with van der Waals surface area (Å²) >= 11 is 0. The van der Waals surface area contributed by atoms with E-state index < -0.39 is 9.84 Å². The van der Waals surface area contributed by atoms with Gasteiger partial charge in [0.25, 0.3) is 0 Å².